The highest BCUT2D eigenvalue weighted by Crippen LogP contribution is 2.31. The number of aryl methyl sites for hydroxylation is 3. The third-order valence-electron chi connectivity index (χ3n) is 4.25. The first-order valence-corrected chi connectivity index (χ1v) is 8.88. The number of fused-ring (bicyclic) bond motifs is 2. The molecule has 4 aromatic rings. The van der Waals surface area contributed by atoms with Crippen molar-refractivity contribution < 1.29 is 4.79 Å². The number of nitrogens with zero attached hydrogens (tertiary/aromatic N) is 2. The number of anilines is 1. The second kappa shape index (κ2) is 5.93. The summed E-state index contributed by atoms with van der Waals surface area (Å²) >= 11 is 1.51. The van der Waals surface area contributed by atoms with Gasteiger partial charge in [-0.15, -0.1) is 0 Å². The smallest absolute Gasteiger partial charge is 0.257 e. The summed E-state index contributed by atoms with van der Waals surface area (Å²) in [7, 11) is 0. The summed E-state index contributed by atoms with van der Waals surface area (Å²) in [4.78, 5) is 21.7. The Bertz CT molecular complexity index is 1090. The van der Waals surface area contributed by atoms with Crippen LogP contribution in [0, 0.1) is 20.8 Å². The van der Waals surface area contributed by atoms with Crippen LogP contribution in [0.2, 0.25) is 0 Å². The largest absolute Gasteiger partial charge is 0.298 e. The van der Waals surface area contributed by atoms with Gasteiger partial charge < -0.3 is 0 Å². The summed E-state index contributed by atoms with van der Waals surface area (Å²) in [5, 5.41) is 4.50. The number of aromatic nitrogens is 2. The summed E-state index contributed by atoms with van der Waals surface area (Å²) in [5.74, 6) is -0.156. The van der Waals surface area contributed by atoms with Crippen molar-refractivity contribution in [2.24, 2.45) is 0 Å². The number of nitrogens with one attached hydrogen (secondary N) is 1. The van der Waals surface area contributed by atoms with Crippen molar-refractivity contribution in [2.45, 2.75) is 20.8 Å². The van der Waals surface area contributed by atoms with E-state index in [0.29, 0.717) is 10.7 Å². The molecular formula is C20H17N3OS. The molecule has 5 heteroatoms. The van der Waals surface area contributed by atoms with Crippen molar-refractivity contribution >= 4 is 43.5 Å². The van der Waals surface area contributed by atoms with Gasteiger partial charge in [-0.3, -0.25) is 15.1 Å². The van der Waals surface area contributed by atoms with Gasteiger partial charge in [0.15, 0.2) is 5.13 Å². The predicted molar refractivity (Wildman–Crippen MR) is 104 cm³/mol. The number of hydrogen-bond donors (Lipinski definition) is 1. The number of benzene rings is 2. The van der Waals surface area contributed by atoms with Crippen LogP contribution in [0.3, 0.4) is 0 Å². The highest BCUT2D eigenvalue weighted by atomic mass is 32.1. The Kier molecular flexibility index (Phi) is 3.73. The summed E-state index contributed by atoms with van der Waals surface area (Å²) in [6.45, 7) is 6.05. The molecule has 0 unspecified atom stereocenters. The van der Waals surface area contributed by atoms with E-state index in [1.807, 2.05) is 38.1 Å². The zero-order chi connectivity index (χ0) is 17.6. The fourth-order valence-corrected chi connectivity index (χ4v) is 3.86. The fourth-order valence-electron chi connectivity index (χ4n) is 2.85. The highest BCUT2D eigenvalue weighted by molar-refractivity contribution is 7.22. The number of hydrogen-bond acceptors (Lipinski definition) is 4. The Balaban J connectivity index is 1.67. The van der Waals surface area contributed by atoms with E-state index in [1.54, 1.807) is 6.07 Å². The van der Waals surface area contributed by atoms with Gasteiger partial charge in [0.25, 0.3) is 5.91 Å². The molecule has 0 atom stereocenters. The number of carbonyl (C=O) groups is 1. The number of amides is 1. The van der Waals surface area contributed by atoms with Crippen molar-refractivity contribution in [1.82, 2.24) is 9.97 Å². The van der Waals surface area contributed by atoms with Crippen molar-refractivity contribution in [1.29, 1.82) is 0 Å². The number of rotatable bonds is 2. The normalized spacial score (nSPS) is 11.2. The van der Waals surface area contributed by atoms with Gasteiger partial charge >= 0.3 is 0 Å². The topological polar surface area (TPSA) is 54.9 Å². The Labute approximate surface area is 149 Å². The van der Waals surface area contributed by atoms with Gasteiger partial charge in [-0.05, 0) is 56.2 Å². The standard InChI is InChI=1S/C20H17N3OS/c1-11-4-5-12(2)18-17(11)22-20(25-18)23-19(24)15-8-9-16-14(10-15)7-6-13(3)21-16/h4-10H,1-3H3,(H,22,23,24). The molecule has 0 aliphatic rings. The highest BCUT2D eigenvalue weighted by Gasteiger charge is 2.13. The Morgan fingerprint density at radius 3 is 2.56 bits per heavy atom. The fraction of sp³-hybridized carbons (Fsp3) is 0.150. The van der Waals surface area contributed by atoms with Crippen LogP contribution in [0.25, 0.3) is 21.1 Å². The Morgan fingerprint density at radius 1 is 0.960 bits per heavy atom. The van der Waals surface area contributed by atoms with Gasteiger partial charge in [-0.25, -0.2) is 4.98 Å². The maximum atomic E-state index is 12.6. The molecular weight excluding hydrogens is 330 g/mol. The van der Waals surface area contributed by atoms with E-state index in [4.69, 9.17) is 0 Å². The van der Waals surface area contributed by atoms with Crippen LogP contribution in [-0.4, -0.2) is 15.9 Å². The lowest BCUT2D eigenvalue weighted by Crippen LogP contribution is -2.11. The molecule has 0 saturated heterocycles. The van der Waals surface area contributed by atoms with Gasteiger partial charge in [-0.2, -0.15) is 0 Å². The molecule has 0 radical (unpaired) electrons. The summed E-state index contributed by atoms with van der Waals surface area (Å²) < 4.78 is 1.12. The third-order valence-corrected chi connectivity index (χ3v) is 5.36. The number of carbonyl (C=O) groups excluding carboxylic acids is 1. The van der Waals surface area contributed by atoms with Gasteiger partial charge in [0.05, 0.1) is 15.7 Å². The summed E-state index contributed by atoms with van der Waals surface area (Å²) in [5.41, 5.74) is 5.70. The molecule has 1 amide bonds. The molecule has 0 aliphatic heterocycles. The number of thiazole rings is 1. The van der Waals surface area contributed by atoms with E-state index >= 15 is 0 Å². The molecule has 0 spiro atoms. The lowest BCUT2D eigenvalue weighted by Gasteiger charge is -2.04. The molecule has 0 fully saturated rings. The summed E-state index contributed by atoms with van der Waals surface area (Å²) in [6.07, 6.45) is 0. The zero-order valence-corrected chi connectivity index (χ0v) is 15.1. The first-order chi connectivity index (χ1) is 12.0. The minimum atomic E-state index is -0.156. The second-order valence-electron chi connectivity index (χ2n) is 6.21. The van der Waals surface area contributed by atoms with Crippen LogP contribution < -0.4 is 5.32 Å². The van der Waals surface area contributed by atoms with E-state index in [1.165, 1.54) is 16.9 Å². The van der Waals surface area contributed by atoms with E-state index < -0.39 is 0 Å². The maximum Gasteiger partial charge on any atom is 0.257 e. The SMILES string of the molecule is Cc1ccc2cc(C(=O)Nc3nc4c(C)ccc(C)c4s3)ccc2n1. The number of pyridine rings is 1. The molecule has 124 valence electrons. The van der Waals surface area contributed by atoms with Gasteiger partial charge in [0.2, 0.25) is 0 Å². The Hall–Kier alpha value is -2.79. The first-order valence-electron chi connectivity index (χ1n) is 8.07. The van der Waals surface area contributed by atoms with Crippen LogP contribution in [0.1, 0.15) is 27.2 Å². The molecule has 0 aliphatic carbocycles. The van der Waals surface area contributed by atoms with E-state index in [0.717, 1.165) is 32.4 Å². The van der Waals surface area contributed by atoms with Crippen LogP contribution in [0.5, 0.6) is 0 Å². The molecule has 25 heavy (non-hydrogen) atoms. The zero-order valence-electron chi connectivity index (χ0n) is 14.3. The average molecular weight is 347 g/mol. The van der Waals surface area contributed by atoms with Gasteiger partial charge in [0, 0.05) is 16.6 Å². The average Bonchev–Trinajstić information content (AvgIpc) is 3.03. The predicted octanol–water partition coefficient (Wildman–Crippen LogP) is 5.02. The monoisotopic (exact) mass is 347 g/mol. The van der Waals surface area contributed by atoms with Gasteiger partial charge in [0.1, 0.15) is 0 Å². The van der Waals surface area contributed by atoms with E-state index in [2.05, 4.69) is 34.3 Å². The molecule has 1 N–H and O–H groups in total. The lowest BCUT2D eigenvalue weighted by atomic mass is 10.1. The van der Waals surface area contributed by atoms with Crippen molar-refractivity contribution in [2.75, 3.05) is 5.32 Å². The summed E-state index contributed by atoms with van der Waals surface area (Å²) in [6, 6.07) is 13.6. The van der Waals surface area contributed by atoms with Gasteiger partial charge in [-0.1, -0.05) is 29.5 Å². The van der Waals surface area contributed by atoms with Crippen molar-refractivity contribution in [3.05, 3.63) is 64.8 Å². The van der Waals surface area contributed by atoms with Crippen molar-refractivity contribution in [3.63, 3.8) is 0 Å². The molecule has 2 heterocycles. The van der Waals surface area contributed by atoms with Crippen LogP contribution in [0.4, 0.5) is 5.13 Å². The Morgan fingerprint density at radius 2 is 1.76 bits per heavy atom. The first kappa shape index (κ1) is 15.7. The third kappa shape index (κ3) is 2.87. The molecule has 0 bridgehead atoms. The van der Waals surface area contributed by atoms with E-state index in [-0.39, 0.29) is 5.91 Å². The van der Waals surface area contributed by atoms with Crippen molar-refractivity contribution in [3.8, 4) is 0 Å². The maximum absolute atomic E-state index is 12.6. The lowest BCUT2D eigenvalue weighted by molar-refractivity contribution is 0.102. The van der Waals surface area contributed by atoms with Crippen LogP contribution in [0.15, 0.2) is 42.5 Å². The minimum Gasteiger partial charge on any atom is -0.298 e. The molecule has 4 nitrogen and oxygen atoms in total. The van der Waals surface area contributed by atoms with Crippen LogP contribution >= 0.6 is 11.3 Å². The molecule has 2 aromatic heterocycles. The molecule has 4 rings (SSSR count). The van der Waals surface area contributed by atoms with Crippen LogP contribution in [-0.2, 0) is 0 Å². The quantitative estimate of drug-likeness (QED) is 0.554. The van der Waals surface area contributed by atoms with E-state index in [9.17, 15) is 4.79 Å². The minimum absolute atomic E-state index is 0.156. The molecule has 2 aromatic carbocycles. The second-order valence-corrected chi connectivity index (χ2v) is 7.21. The molecule has 0 saturated carbocycles.